The molecule has 0 radical (unpaired) electrons. The van der Waals surface area contributed by atoms with Gasteiger partial charge in [0.15, 0.2) is 0 Å². The van der Waals surface area contributed by atoms with E-state index in [0.29, 0.717) is 5.92 Å². The first-order valence-electron chi connectivity index (χ1n) is 6.90. The van der Waals surface area contributed by atoms with Crippen LogP contribution in [0.25, 0.3) is 16.8 Å². The van der Waals surface area contributed by atoms with E-state index >= 15 is 0 Å². The summed E-state index contributed by atoms with van der Waals surface area (Å²) >= 11 is 6.11. The van der Waals surface area contributed by atoms with E-state index in [9.17, 15) is 0 Å². The van der Waals surface area contributed by atoms with Crippen molar-refractivity contribution in [2.45, 2.75) is 19.8 Å². The van der Waals surface area contributed by atoms with Gasteiger partial charge in [0.1, 0.15) is 0 Å². The summed E-state index contributed by atoms with van der Waals surface area (Å²) in [5.41, 5.74) is 4.35. The number of benzene rings is 1. The molecule has 0 aliphatic carbocycles. The van der Waals surface area contributed by atoms with Crippen LogP contribution in [0.1, 0.15) is 25.3 Å². The third kappa shape index (κ3) is 2.83. The van der Waals surface area contributed by atoms with Gasteiger partial charge in [0.05, 0.1) is 11.9 Å². The Balaban J connectivity index is 2.05. The van der Waals surface area contributed by atoms with Gasteiger partial charge >= 0.3 is 0 Å². The summed E-state index contributed by atoms with van der Waals surface area (Å²) < 4.78 is 1.90. The average Bonchev–Trinajstić information content (AvgIpc) is 2.97. The van der Waals surface area contributed by atoms with Crippen LogP contribution in [-0.2, 0) is 0 Å². The molecule has 0 fully saturated rings. The molecule has 0 aliphatic heterocycles. The summed E-state index contributed by atoms with van der Waals surface area (Å²) in [7, 11) is 0. The van der Waals surface area contributed by atoms with Crippen molar-refractivity contribution in [1.82, 2.24) is 14.8 Å². The molecule has 0 amide bonds. The molecule has 1 aromatic carbocycles. The van der Waals surface area contributed by atoms with Crippen molar-refractivity contribution in [3.05, 3.63) is 65.7 Å². The Labute approximate surface area is 129 Å². The van der Waals surface area contributed by atoms with E-state index in [2.05, 4.69) is 23.9 Å². The summed E-state index contributed by atoms with van der Waals surface area (Å²) in [4.78, 5) is 4.15. The Morgan fingerprint density at radius 2 is 1.95 bits per heavy atom. The first kappa shape index (κ1) is 13.8. The first-order valence-corrected chi connectivity index (χ1v) is 7.28. The van der Waals surface area contributed by atoms with Crippen LogP contribution in [0.15, 0.2) is 55.1 Å². The maximum atomic E-state index is 6.11. The highest BCUT2D eigenvalue weighted by molar-refractivity contribution is 6.30. The lowest BCUT2D eigenvalue weighted by molar-refractivity contribution is 0.809. The SMILES string of the molecule is CC(C)c1cc(Cl)ccc1-n1cc(-c2cccnc2)cn1. The summed E-state index contributed by atoms with van der Waals surface area (Å²) in [5.74, 6) is 0.379. The molecule has 2 aromatic heterocycles. The highest BCUT2D eigenvalue weighted by atomic mass is 35.5. The lowest BCUT2D eigenvalue weighted by Gasteiger charge is -2.13. The third-order valence-electron chi connectivity index (χ3n) is 3.44. The maximum Gasteiger partial charge on any atom is 0.0681 e. The lowest BCUT2D eigenvalue weighted by atomic mass is 10.0. The topological polar surface area (TPSA) is 30.7 Å². The Morgan fingerprint density at radius 3 is 2.67 bits per heavy atom. The van der Waals surface area contributed by atoms with Gasteiger partial charge in [0, 0.05) is 34.7 Å². The van der Waals surface area contributed by atoms with Crippen LogP contribution >= 0.6 is 11.6 Å². The largest absolute Gasteiger partial charge is 0.264 e. The molecular weight excluding hydrogens is 282 g/mol. The van der Waals surface area contributed by atoms with Gasteiger partial charge in [0.2, 0.25) is 0 Å². The predicted octanol–water partition coefficient (Wildman–Crippen LogP) is 4.71. The van der Waals surface area contributed by atoms with E-state index in [1.54, 1.807) is 6.20 Å². The maximum absolute atomic E-state index is 6.11. The molecule has 3 rings (SSSR count). The van der Waals surface area contributed by atoms with Crippen molar-refractivity contribution in [2.75, 3.05) is 0 Å². The standard InChI is InChI=1S/C17H16ClN3/c1-12(2)16-8-15(18)5-6-17(16)21-11-14(10-20-21)13-4-3-7-19-9-13/h3-12H,1-2H3. The lowest BCUT2D eigenvalue weighted by Crippen LogP contribution is -2.01. The highest BCUT2D eigenvalue weighted by Crippen LogP contribution is 2.27. The summed E-state index contributed by atoms with van der Waals surface area (Å²) in [6.45, 7) is 4.31. The second kappa shape index (κ2) is 5.70. The van der Waals surface area contributed by atoms with Crippen LogP contribution in [0.3, 0.4) is 0 Å². The molecule has 4 heteroatoms. The van der Waals surface area contributed by atoms with E-state index in [1.165, 1.54) is 5.56 Å². The monoisotopic (exact) mass is 297 g/mol. The van der Waals surface area contributed by atoms with Gasteiger partial charge in [0.25, 0.3) is 0 Å². The molecule has 21 heavy (non-hydrogen) atoms. The molecule has 0 unspecified atom stereocenters. The van der Waals surface area contributed by atoms with E-state index in [1.807, 2.05) is 53.6 Å². The number of pyridine rings is 1. The predicted molar refractivity (Wildman–Crippen MR) is 85.9 cm³/mol. The number of rotatable bonds is 3. The third-order valence-corrected chi connectivity index (χ3v) is 3.67. The van der Waals surface area contributed by atoms with E-state index in [-0.39, 0.29) is 0 Å². The van der Waals surface area contributed by atoms with Crippen LogP contribution in [0.4, 0.5) is 0 Å². The van der Waals surface area contributed by atoms with Crippen LogP contribution in [0.2, 0.25) is 5.02 Å². The molecule has 0 saturated heterocycles. The van der Waals surface area contributed by atoms with Gasteiger partial charge in [-0.2, -0.15) is 5.10 Å². The number of nitrogens with zero attached hydrogens (tertiary/aromatic N) is 3. The first-order chi connectivity index (χ1) is 10.1. The normalized spacial score (nSPS) is 11.0. The Hall–Kier alpha value is -2.13. The summed E-state index contributed by atoms with van der Waals surface area (Å²) in [6.07, 6.45) is 7.48. The molecule has 2 heterocycles. The summed E-state index contributed by atoms with van der Waals surface area (Å²) in [5, 5.41) is 5.23. The van der Waals surface area contributed by atoms with Crippen LogP contribution in [-0.4, -0.2) is 14.8 Å². The van der Waals surface area contributed by atoms with Gasteiger partial charge in [-0.1, -0.05) is 31.5 Å². The molecule has 0 spiro atoms. The van der Waals surface area contributed by atoms with Crippen LogP contribution in [0, 0.1) is 0 Å². The molecule has 0 N–H and O–H groups in total. The molecule has 0 atom stereocenters. The number of hydrogen-bond donors (Lipinski definition) is 0. The molecule has 3 nitrogen and oxygen atoms in total. The van der Waals surface area contributed by atoms with Gasteiger partial charge in [-0.25, -0.2) is 4.68 Å². The number of hydrogen-bond acceptors (Lipinski definition) is 2. The quantitative estimate of drug-likeness (QED) is 0.701. The van der Waals surface area contributed by atoms with Crippen molar-refractivity contribution < 1.29 is 0 Å². The number of aromatic nitrogens is 3. The zero-order valence-corrected chi connectivity index (χ0v) is 12.7. The minimum Gasteiger partial charge on any atom is -0.264 e. The van der Waals surface area contributed by atoms with Crippen molar-refractivity contribution in [1.29, 1.82) is 0 Å². The zero-order chi connectivity index (χ0) is 14.8. The highest BCUT2D eigenvalue weighted by Gasteiger charge is 2.11. The van der Waals surface area contributed by atoms with Crippen molar-refractivity contribution >= 4 is 11.6 Å². The fourth-order valence-electron chi connectivity index (χ4n) is 2.33. The molecule has 0 saturated carbocycles. The van der Waals surface area contributed by atoms with Crippen LogP contribution < -0.4 is 0 Å². The minimum absolute atomic E-state index is 0.379. The van der Waals surface area contributed by atoms with Crippen molar-refractivity contribution in [3.63, 3.8) is 0 Å². The summed E-state index contributed by atoms with van der Waals surface area (Å²) in [6, 6.07) is 9.87. The number of halogens is 1. The fourth-order valence-corrected chi connectivity index (χ4v) is 2.51. The second-order valence-corrected chi connectivity index (χ2v) is 5.71. The van der Waals surface area contributed by atoms with Crippen LogP contribution in [0.5, 0.6) is 0 Å². The molecular formula is C17H16ClN3. The van der Waals surface area contributed by atoms with E-state index in [4.69, 9.17) is 11.6 Å². The minimum atomic E-state index is 0.379. The second-order valence-electron chi connectivity index (χ2n) is 5.27. The van der Waals surface area contributed by atoms with Crippen molar-refractivity contribution in [3.8, 4) is 16.8 Å². The molecule has 3 aromatic rings. The average molecular weight is 298 g/mol. The van der Waals surface area contributed by atoms with Crippen molar-refractivity contribution in [2.24, 2.45) is 0 Å². The van der Waals surface area contributed by atoms with Gasteiger partial charge in [-0.3, -0.25) is 4.98 Å². The molecule has 106 valence electrons. The molecule has 0 aliphatic rings. The Morgan fingerprint density at radius 1 is 1.10 bits per heavy atom. The zero-order valence-electron chi connectivity index (χ0n) is 12.0. The van der Waals surface area contributed by atoms with Gasteiger partial charge in [-0.05, 0) is 35.7 Å². The smallest absolute Gasteiger partial charge is 0.0681 e. The Bertz CT molecular complexity index is 748. The van der Waals surface area contributed by atoms with Gasteiger partial charge < -0.3 is 0 Å². The molecule has 0 bridgehead atoms. The van der Waals surface area contributed by atoms with E-state index < -0.39 is 0 Å². The van der Waals surface area contributed by atoms with E-state index in [0.717, 1.165) is 21.8 Å². The fraction of sp³-hybridized carbons (Fsp3) is 0.176. The Kier molecular flexibility index (Phi) is 3.76. The van der Waals surface area contributed by atoms with Gasteiger partial charge in [-0.15, -0.1) is 0 Å².